The van der Waals surface area contributed by atoms with E-state index in [-0.39, 0.29) is 11.6 Å². The van der Waals surface area contributed by atoms with E-state index in [1.165, 1.54) is 18.2 Å². The largest absolute Gasteiger partial charge is 0.271 e. The highest BCUT2D eigenvalue weighted by Gasteiger charge is 2.16. The first-order valence-corrected chi connectivity index (χ1v) is 6.48. The maximum Gasteiger partial charge on any atom is 0.128 e. The van der Waals surface area contributed by atoms with Crippen molar-refractivity contribution in [2.45, 2.75) is 26.3 Å². The van der Waals surface area contributed by atoms with Crippen molar-refractivity contribution in [3.05, 3.63) is 70.3 Å². The lowest BCUT2D eigenvalue weighted by atomic mass is 9.95. The molecule has 0 aliphatic rings. The van der Waals surface area contributed by atoms with Gasteiger partial charge < -0.3 is 0 Å². The summed E-state index contributed by atoms with van der Waals surface area (Å²) in [5, 5.41) is 0. The lowest BCUT2D eigenvalue weighted by Gasteiger charge is -2.19. The van der Waals surface area contributed by atoms with Gasteiger partial charge in [-0.3, -0.25) is 11.3 Å². The van der Waals surface area contributed by atoms with Gasteiger partial charge in [-0.05, 0) is 49.6 Å². The number of rotatable bonds is 4. The number of nitrogens with two attached hydrogens (primary N) is 1. The van der Waals surface area contributed by atoms with Crippen molar-refractivity contribution in [2.24, 2.45) is 5.84 Å². The summed E-state index contributed by atoms with van der Waals surface area (Å²) < 4.78 is 27.2. The second-order valence-electron chi connectivity index (χ2n) is 5.02. The van der Waals surface area contributed by atoms with Crippen LogP contribution in [0.5, 0.6) is 0 Å². The summed E-state index contributed by atoms with van der Waals surface area (Å²) in [7, 11) is 0. The average molecular weight is 276 g/mol. The minimum Gasteiger partial charge on any atom is -0.271 e. The van der Waals surface area contributed by atoms with Crippen LogP contribution in [0.25, 0.3) is 0 Å². The van der Waals surface area contributed by atoms with E-state index in [1.54, 1.807) is 18.2 Å². The maximum absolute atomic E-state index is 13.9. The fourth-order valence-electron chi connectivity index (χ4n) is 2.27. The summed E-state index contributed by atoms with van der Waals surface area (Å²) >= 11 is 0. The highest BCUT2D eigenvalue weighted by molar-refractivity contribution is 5.32. The van der Waals surface area contributed by atoms with E-state index in [9.17, 15) is 8.78 Å². The zero-order valence-corrected chi connectivity index (χ0v) is 11.6. The minimum atomic E-state index is -0.393. The molecule has 106 valence electrons. The highest BCUT2D eigenvalue weighted by atomic mass is 19.1. The predicted octanol–water partition coefficient (Wildman–Crippen LogP) is 3.33. The van der Waals surface area contributed by atoms with Crippen LogP contribution in [0.4, 0.5) is 8.78 Å². The van der Waals surface area contributed by atoms with Crippen molar-refractivity contribution in [3.8, 4) is 0 Å². The van der Waals surface area contributed by atoms with E-state index < -0.39 is 6.04 Å². The quantitative estimate of drug-likeness (QED) is 0.664. The van der Waals surface area contributed by atoms with Crippen LogP contribution in [0.2, 0.25) is 0 Å². The molecule has 1 atom stereocenters. The summed E-state index contributed by atoms with van der Waals surface area (Å²) in [6.07, 6.45) is 0.431. The van der Waals surface area contributed by atoms with Crippen LogP contribution in [-0.4, -0.2) is 0 Å². The van der Waals surface area contributed by atoms with E-state index in [2.05, 4.69) is 5.43 Å². The van der Waals surface area contributed by atoms with Gasteiger partial charge in [-0.1, -0.05) is 23.8 Å². The Bertz CT molecular complexity index is 611. The van der Waals surface area contributed by atoms with Crippen LogP contribution in [0.15, 0.2) is 36.4 Å². The standard InChI is InChI=1S/C16H18F2N2/c1-10-3-6-15(18)14(7-10)16(20-19)9-12-8-13(17)5-4-11(12)2/h3-8,16,20H,9,19H2,1-2H3. The first-order chi connectivity index (χ1) is 9.51. The lowest BCUT2D eigenvalue weighted by Crippen LogP contribution is -2.30. The number of benzene rings is 2. The highest BCUT2D eigenvalue weighted by Crippen LogP contribution is 2.23. The van der Waals surface area contributed by atoms with Crippen LogP contribution >= 0.6 is 0 Å². The van der Waals surface area contributed by atoms with Crippen LogP contribution in [0, 0.1) is 25.5 Å². The molecule has 20 heavy (non-hydrogen) atoms. The molecule has 0 aliphatic heterocycles. The molecule has 0 aromatic heterocycles. The molecule has 0 amide bonds. The molecule has 0 fully saturated rings. The van der Waals surface area contributed by atoms with Crippen LogP contribution in [-0.2, 0) is 6.42 Å². The summed E-state index contributed by atoms with van der Waals surface area (Å²) in [6.45, 7) is 3.79. The topological polar surface area (TPSA) is 38.0 Å². The number of hydrogen-bond acceptors (Lipinski definition) is 2. The fourth-order valence-corrected chi connectivity index (χ4v) is 2.27. The van der Waals surface area contributed by atoms with Gasteiger partial charge in [-0.2, -0.15) is 0 Å². The number of nitrogens with one attached hydrogen (secondary N) is 1. The normalized spacial score (nSPS) is 12.4. The third-order valence-corrected chi connectivity index (χ3v) is 3.46. The van der Waals surface area contributed by atoms with E-state index in [0.29, 0.717) is 12.0 Å². The third-order valence-electron chi connectivity index (χ3n) is 3.46. The molecule has 0 bridgehead atoms. The van der Waals surface area contributed by atoms with Crippen LogP contribution in [0.3, 0.4) is 0 Å². The van der Waals surface area contributed by atoms with Crippen molar-refractivity contribution in [1.29, 1.82) is 0 Å². The van der Waals surface area contributed by atoms with Gasteiger partial charge in [-0.15, -0.1) is 0 Å². The van der Waals surface area contributed by atoms with Crippen molar-refractivity contribution in [3.63, 3.8) is 0 Å². The van der Waals surface area contributed by atoms with Crippen molar-refractivity contribution in [2.75, 3.05) is 0 Å². The summed E-state index contributed by atoms with van der Waals surface area (Å²) in [5.41, 5.74) is 5.84. The molecule has 1 unspecified atom stereocenters. The van der Waals surface area contributed by atoms with Crippen molar-refractivity contribution < 1.29 is 8.78 Å². The molecule has 2 aromatic carbocycles. The monoisotopic (exact) mass is 276 g/mol. The van der Waals surface area contributed by atoms with Crippen molar-refractivity contribution >= 4 is 0 Å². The molecule has 2 aromatic rings. The average Bonchev–Trinajstić information content (AvgIpc) is 2.42. The van der Waals surface area contributed by atoms with Gasteiger partial charge in [0.2, 0.25) is 0 Å². The maximum atomic E-state index is 13.9. The molecule has 0 saturated heterocycles. The summed E-state index contributed by atoms with van der Waals surface area (Å²) in [6, 6.07) is 9.09. The van der Waals surface area contributed by atoms with Gasteiger partial charge in [0.15, 0.2) is 0 Å². The third kappa shape index (κ3) is 3.21. The lowest BCUT2D eigenvalue weighted by molar-refractivity contribution is 0.508. The molecule has 0 spiro atoms. The number of hydrogen-bond donors (Lipinski definition) is 2. The smallest absolute Gasteiger partial charge is 0.128 e. The Labute approximate surface area is 117 Å². The van der Waals surface area contributed by atoms with Gasteiger partial charge in [0.25, 0.3) is 0 Å². The number of hydrazine groups is 1. The Kier molecular flexibility index (Phi) is 4.47. The second kappa shape index (κ2) is 6.11. The summed E-state index contributed by atoms with van der Waals surface area (Å²) in [4.78, 5) is 0. The fraction of sp³-hybridized carbons (Fsp3) is 0.250. The molecule has 0 saturated carbocycles. The van der Waals surface area contributed by atoms with Crippen LogP contribution < -0.4 is 11.3 Å². The van der Waals surface area contributed by atoms with E-state index in [1.807, 2.05) is 13.8 Å². The zero-order valence-electron chi connectivity index (χ0n) is 11.6. The Balaban J connectivity index is 2.33. The minimum absolute atomic E-state index is 0.300. The second-order valence-corrected chi connectivity index (χ2v) is 5.02. The van der Waals surface area contributed by atoms with E-state index >= 15 is 0 Å². The summed E-state index contributed by atoms with van der Waals surface area (Å²) in [5.74, 6) is 4.94. The van der Waals surface area contributed by atoms with Gasteiger partial charge in [-0.25, -0.2) is 8.78 Å². The molecule has 0 radical (unpaired) electrons. The molecule has 4 heteroatoms. The Morgan fingerprint density at radius 1 is 1.10 bits per heavy atom. The Morgan fingerprint density at radius 2 is 1.85 bits per heavy atom. The molecule has 3 N–H and O–H groups in total. The van der Waals surface area contributed by atoms with E-state index in [0.717, 1.165) is 16.7 Å². The Morgan fingerprint density at radius 3 is 2.55 bits per heavy atom. The number of aryl methyl sites for hydroxylation is 2. The predicted molar refractivity (Wildman–Crippen MR) is 76.0 cm³/mol. The first-order valence-electron chi connectivity index (χ1n) is 6.48. The molecular formula is C16H18F2N2. The van der Waals surface area contributed by atoms with Gasteiger partial charge in [0.05, 0.1) is 6.04 Å². The molecule has 0 heterocycles. The first kappa shape index (κ1) is 14.6. The van der Waals surface area contributed by atoms with Gasteiger partial charge >= 0.3 is 0 Å². The van der Waals surface area contributed by atoms with E-state index in [4.69, 9.17) is 5.84 Å². The van der Waals surface area contributed by atoms with Gasteiger partial charge in [0, 0.05) is 5.56 Å². The van der Waals surface area contributed by atoms with Gasteiger partial charge in [0.1, 0.15) is 11.6 Å². The molecule has 2 rings (SSSR count). The SMILES string of the molecule is Cc1ccc(F)c(C(Cc2cc(F)ccc2C)NN)c1. The molecule has 2 nitrogen and oxygen atoms in total. The van der Waals surface area contributed by atoms with Crippen LogP contribution in [0.1, 0.15) is 28.3 Å². The van der Waals surface area contributed by atoms with Crippen molar-refractivity contribution in [1.82, 2.24) is 5.43 Å². The number of halogens is 2. The Hall–Kier alpha value is -1.78. The zero-order chi connectivity index (χ0) is 14.7. The molecular weight excluding hydrogens is 258 g/mol. The molecule has 0 aliphatic carbocycles.